The first-order chi connectivity index (χ1) is 17.5. The topological polar surface area (TPSA) is 122 Å². The van der Waals surface area contributed by atoms with Crippen LogP contribution in [-0.4, -0.2) is 52.7 Å². The quantitative estimate of drug-likeness (QED) is 0.335. The standard InChI is InChI=1S/C28H30N2O7/c1-16(31)22-21-14-20(17-10-12-19(13-11-17)29-24(32)18-8-6-5-7-9-18)23(30(21)25(22)33)26(34)36-15-37-27(35)28(2,3)4/h5-13,16,21-22,31H,14-15H2,1-4H3,(H,29,32)/t16-,21-,22-/m1/s1. The molecule has 2 N–H and O–H groups in total. The number of β-lactam (4-membered cyclic amide) rings is 1. The van der Waals surface area contributed by atoms with E-state index in [0.717, 1.165) is 0 Å². The summed E-state index contributed by atoms with van der Waals surface area (Å²) in [4.78, 5) is 51.7. The molecule has 2 aromatic rings. The number of ether oxygens (including phenoxy) is 2. The number of hydrogen-bond acceptors (Lipinski definition) is 7. The molecule has 2 aromatic carbocycles. The van der Waals surface area contributed by atoms with Gasteiger partial charge in [-0.15, -0.1) is 0 Å². The van der Waals surface area contributed by atoms with Gasteiger partial charge in [0.15, 0.2) is 0 Å². The van der Waals surface area contributed by atoms with Crippen molar-refractivity contribution in [3.63, 3.8) is 0 Å². The largest absolute Gasteiger partial charge is 0.427 e. The van der Waals surface area contributed by atoms with Gasteiger partial charge >= 0.3 is 11.9 Å². The molecular formula is C28H30N2O7. The van der Waals surface area contributed by atoms with E-state index >= 15 is 0 Å². The maximum absolute atomic E-state index is 13.1. The van der Waals surface area contributed by atoms with Crippen molar-refractivity contribution in [2.45, 2.75) is 46.3 Å². The maximum Gasteiger partial charge on any atom is 0.358 e. The zero-order chi connectivity index (χ0) is 26.9. The average molecular weight is 507 g/mol. The van der Waals surface area contributed by atoms with E-state index in [0.29, 0.717) is 28.8 Å². The van der Waals surface area contributed by atoms with Crippen LogP contribution < -0.4 is 5.32 Å². The summed E-state index contributed by atoms with van der Waals surface area (Å²) < 4.78 is 10.3. The van der Waals surface area contributed by atoms with E-state index < -0.39 is 36.2 Å². The normalized spacial score (nSPS) is 19.6. The van der Waals surface area contributed by atoms with E-state index in [4.69, 9.17) is 9.47 Å². The average Bonchev–Trinajstić information content (AvgIpc) is 3.19. The molecule has 0 spiro atoms. The van der Waals surface area contributed by atoms with Gasteiger partial charge in [0, 0.05) is 11.3 Å². The summed E-state index contributed by atoms with van der Waals surface area (Å²) in [6, 6.07) is 15.3. The highest BCUT2D eigenvalue weighted by molar-refractivity contribution is 6.07. The number of esters is 2. The smallest absolute Gasteiger partial charge is 0.358 e. The first-order valence-corrected chi connectivity index (χ1v) is 12.0. The number of benzene rings is 2. The lowest BCUT2D eigenvalue weighted by atomic mass is 9.82. The van der Waals surface area contributed by atoms with Gasteiger partial charge in [-0.1, -0.05) is 30.3 Å². The fourth-order valence-electron chi connectivity index (χ4n) is 4.49. The second-order valence-corrected chi connectivity index (χ2v) is 10.2. The molecule has 9 heteroatoms. The zero-order valence-electron chi connectivity index (χ0n) is 21.2. The lowest BCUT2D eigenvalue weighted by molar-refractivity contribution is -0.175. The molecule has 1 fully saturated rings. The number of carbonyl (C=O) groups is 4. The van der Waals surface area contributed by atoms with Gasteiger partial charge < -0.3 is 24.8 Å². The molecule has 4 rings (SSSR count). The van der Waals surface area contributed by atoms with E-state index in [-0.39, 0.29) is 23.6 Å². The Balaban J connectivity index is 1.54. The molecule has 9 nitrogen and oxygen atoms in total. The van der Waals surface area contributed by atoms with E-state index in [9.17, 15) is 24.3 Å². The van der Waals surface area contributed by atoms with Gasteiger partial charge in [0.05, 0.1) is 23.5 Å². The molecule has 2 amide bonds. The molecule has 1 saturated heterocycles. The van der Waals surface area contributed by atoms with Gasteiger partial charge in [0.25, 0.3) is 5.91 Å². The van der Waals surface area contributed by atoms with Crippen LogP contribution in [0.15, 0.2) is 60.3 Å². The molecule has 0 unspecified atom stereocenters. The van der Waals surface area contributed by atoms with Crippen LogP contribution in [0.25, 0.3) is 5.57 Å². The van der Waals surface area contributed by atoms with E-state index in [1.54, 1.807) is 76.2 Å². The highest BCUT2D eigenvalue weighted by atomic mass is 16.7. The van der Waals surface area contributed by atoms with Crippen molar-refractivity contribution >= 4 is 35.0 Å². The third kappa shape index (κ3) is 5.27. The summed E-state index contributed by atoms with van der Waals surface area (Å²) in [5.41, 5.74) is 1.65. The Morgan fingerprint density at radius 2 is 1.70 bits per heavy atom. The first-order valence-electron chi connectivity index (χ1n) is 12.0. The predicted octanol–water partition coefficient (Wildman–Crippen LogP) is 3.35. The first kappa shape index (κ1) is 26.1. The number of fused-ring (bicyclic) bond motifs is 1. The summed E-state index contributed by atoms with van der Waals surface area (Å²) >= 11 is 0. The minimum Gasteiger partial charge on any atom is -0.427 e. The Morgan fingerprint density at radius 3 is 2.30 bits per heavy atom. The highest BCUT2D eigenvalue weighted by Crippen LogP contribution is 2.47. The maximum atomic E-state index is 13.1. The van der Waals surface area contributed by atoms with Crippen LogP contribution in [-0.2, 0) is 23.9 Å². The Hall–Kier alpha value is -3.98. The minimum atomic E-state index is -0.867. The van der Waals surface area contributed by atoms with Crippen LogP contribution in [0.5, 0.6) is 0 Å². The van der Waals surface area contributed by atoms with Crippen LogP contribution in [0, 0.1) is 11.3 Å². The van der Waals surface area contributed by atoms with Crippen LogP contribution in [0.2, 0.25) is 0 Å². The number of aliphatic hydroxyl groups excluding tert-OH is 1. The van der Waals surface area contributed by atoms with Crippen LogP contribution in [0.4, 0.5) is 5.69 Å². The molecule has 0 aliphatic carbocycles. The lowest BCUT2D eigenvalue weighted by Gasteiger charge is -2.44. The molecule has 0 radical (unpaired) electrons. The summed E-state index contributed by atoms with van der Waals surface area (Å²) in [6.07, 6.45) is -0.517. The number of amides is 2. The molecule has 3 atom stereocenters. The highest BCUT2D eigenvalue weighted by Gasteiger charge is 2.57. The van der Waals surface area contributed by atoms with Crippen LogP contribution >= 0.6 is 0 Å². The Labute approximate surface area is 215 Å². The third-order valence-electron chi connectivity index (χ3n) is 6.44. The summed E-state index contributed by atoms with van der Waals surface area (Å²) in [7, 11) is 0. The van der Waals surface area contributed by atoms with Crippen LogP contribution in [0.3, 0.4) is 0 Å². The van der Waals surface area contributed by atoms with Crippen molar-refractivity contribution in [1.82, 2.24) is 4.90 Å². The molecule has 2 aliphatic heterocycles. The second-order valence-electron chi connectivity index (χ2n) is 10.2. The number of nitrogens with one attached hydrogen (secondary N) is 1. The molecule has 0 saturated carbocycles. The molecule has 0 aromatic heterocycles. The fourth-order valence-corrected chi connectivity index (χ4v) is 4.49. The molecule has 194 valence electrons. The number of carbonyl (C=O) groups excluding carboxylic acids is 4. The van der Waals surface area contributed by atoms with Gasteiger partial charge in [-0.05, 0) is 69.5 Å². The van der Waals surface area contributed by atoms with E-state index in [2.05, 4.69) is 5.32 Å². The van der Waals surface area contributed by atoms with Gasteiger partial charge in [-0.2, -0.15) is 0 Å². The summed E-state index contributed by atoms with van der Waals surface area (Å²) in [5.74, 6) is -2.56. The van der Waals surface area contributed by atoms with Gasteiger partial charge in [-0.25, -0.2) is 4.79 Å². The second kappa shape index (κ2) is 10.2. The zero-order valence-corrected chi connectivity index (χ0v) is 21.2. The van der Waals surface area contributed by atoms with Crippen molar-refractivity contribution in [3.8, 4) is 0 Å². The number of anilines is 1. The number of aliphatic hydroxyl groups is 1. The van der Waals surface area contributed by atoms with E-state index in [1.807, 2.05) is 6.07 Å². The van der Waals surface area contributed by atoms with E-state index in [1.165, 1.54) is 4.90 Å². The number of rotatable bonds is 7. The monoisotopic (exact) mass is 506 g/mol. The van der Waals surface area contributed by atoms with Gasteiger partial charge in [-0.3, -0.25) is 14.4 Å². The van der Waals surface area contributed by atoms with Gasteiger partial charge in [0.1, 0.15) is 5.70 Å². The third-order valence-corrected chi connectivity index (χ3v) is 6.44. The molecule has 2 heterocycles. The van der Waals surface area contributed by atoms with Crippen molar-refractivity contribution in [3.05, 3.63) is 71.4 Å². The Morgan fingerprint density at radius 1 is 1.05 bits per heavy atom. The SMILES string of the molecule is C[C@@H](O)[C@H]1C(=O)N2C(C(=O)OCOC(=O)C(C)(C)C)=C(c3ccc(NC(=O)c4ccccc4)cc3)C[C@H]12. The van der Waals surface area contributed by atoms with Crippen molar-refractivity contribution in [2.24, 2.45) is 11.3 Å². The molecular weight excluding hydrogens is 476 g/mol. The summed E-state index contributed by atoms with van der Waals surface area (Å²) in [6.45, 7) is 6.01. The lowest BCUT2D eigenvalue weighted by Crippen LogP contribution is -2.61. The fraction of sp³-hybridized carbons (Fsp3) is 0.357. The number of hydrogen-bond donors (Lipinski definition) is 2. The molecule has 2 aliphatic rings. The predicted molar refractivity (Wildman–Crippen MR) is 135 cm³/mol. The Bertz CT molecular complexity index is 1240. The van der Waals surface area contributed by atoms with Crippen molar-refractivity contribution < 1.29 is 33.8 Å². The molecule has 37 heavy (non-hydrogen) atoms. The van der Waals surface area contributed by atoms with Crippen LogP contribution in [0.1, 0.15) is 50.0 Å². The van der Waals surface area contributed by atoms with Crippen molar-refractivity contribution in [2.75, 3.05) is 12.1 Å². The minimum absolute atomic E-state index is 0.0692. The van der Waals surface area contributed by atoms with Crippen molar-refractivity contribution in [1.29, 1.82) is 0 Å². The number of nitrogens with zero attached hydrogens (tertiary/aromatic N) is 1. The summed E-state index contributed by atoms with van der Waals surface area (Å²) in [5, 5.41) is 12.9. The van der Waals surface area contributed by atoms with Gasteiger partial charge in [0.2, 0.25) is 12.7 Å². The Kier molecular flexibility index (Phi) is 7.18. The molecule has 0 bridgehead atoms.